The average molecular weight is 416 g/mol. The van der Waals surface area contributed by atoms with Crippen LogP contribution < -0.4 is 10.6 Å². The lowest BCUT2D eigenvalue weighted by Gasteiger charge is -2.12. The molecule has 0 aliphatic rings. The van der Waals surface area contributed by atoms with Gasteiger partial charge in [0.25, 0.3) is 5.91 Å². The molecule has 0 bridgehead atoms. The molecule has 0 saturated carbocycles. The zero-order valence-corrected chi connectivity index (χ0v) is 15.7. The van der Waals surface area contributed by atoms with E-state index in [0.29, 0.717) is 16.6 Å². The standard InChI is InChI=1S/C21H15F3N2O2S/c22-21(23,24)17(14-6-2-1-3-7-14)13-19(27)25-15-8-4-9-16(12-15)26-20(28)18-10-5-11-29-18/h1-13H,(H,25,27)(H,26,28)/b17-13-. The van der Waals surface area contributed by atoms with Gasteiger partial charge in [0.15, 0.2) is 0 Å². The lowest BCUT2D eigenvalue weighted by atomic mass is 10.1. The van der Waals surface area contributed by atoms with E-state index in [1.165, 1.54) is 47.7 Å². The van der Waals surface area contributed by atoms with Gasteiger partial charge in [-0.1, -0.05) is 42.5 Å². The first kappa shape index (κ1) is 20.3. The Morgan fingerprint density at radius 2 is 1.55 bits per heavy atom. The van der Waals surface area contributed by atoms with Crippen LogP contribution in [0, 0.1) is 0 Å². The fourth-order valence-corrected chi connectivity index (χ4v) is 3.15. The number of rotatable bonds is 5. The monoisotopic (exact) mass is 416 g/mol. The molecular weight excluding hydrogens is 401 g/mol. The van der Waals surface area contributed by atoms with Gasteiger partial charge < -0.3 is 10.6 Å². The third kappa shape index (κ3) is 5.55. The number of nitrogens with one attached hydrogen (secondary N) is 2. The van der Waals surface area contributed by atoms with Crippen LogP contribution >= 0.6 is 11.3 Å². The Bertz CT molecular complexity index is 1030. The Labute approximate surface area is 168 Å². The van der Waals surface area contributed by atoms with Gasteiger partial charge in [-0.15, -0.1) is 11.3 Å². The Morgan fingerprint density at radius 3 is 2.17 bits per heavy atom. The van der Waals surface area contributed by atoms with Crippen molar-refractivity contribution in [2.45, 2.75) is 6.18 Å². The van der Waals surface area contributed by atoms with Gasteiger partial charge in [0.2, 0.25) is 5.91 Å². The summed E-state index contributed by atoms with van der Waals surface area (Å²) in [6.07, 6.45) is -4.17. The molecule has 148 valence electrons. The summed E-state index contributed by atoms with van der Waals surface area (Å²) in [5.41, 5.74) is -0.487. The number of hydrogen-bond acceptors (Lipinski definition) is 3. The van der Waals surface area contributed by atoms with Crippen molar-refractivity contribution in [3.63, 3.8) is 0 Å². The highest BCUT2D eigenvalue weighted by Crippen LogP contribution is 2.33. The molecule has 0 aliphatic carbocycles. The van der Waals surface area contributed by atoms with E-state index in [0.717, 1.165) is 0 Å². The van der Waals surface area contributed by atoms with E-state index in [4.69, 9.17) is 0 Å². The normalized spacial score (nSPS) is 11.8. The van der Waals surface area contributed by atoms with Crippen LogP contribution in [-0.4, -0.2) is 18.0 Å². The van der Waals surface area contributed by atoms with E-state index in [9.17, 15) is 22.8 Å². The second kappa shape index (κ2) is 8.74. The second-order valence-electron chi connectivity index (χ2n) is 5.92. The van der Waals surface area contributed by atoms with Crippen molar-refractivity contribution in [1.82, 2.24) is 0 Å². The highest BCUT2D eigenvalue weighted by Gasteiger charge is 2.35. The number of thiophene rings is 1. The lowest BCUT2D eigenvalue weighted by Crippen LogP contribution is -2.16. The third-order valence-corrected chi connectivity index (χ3v) is 4.67. The number of anilines is 2. The van der Waals surface area contributed by atoms with Gasteiger partial charge in [-0.05, 0) is 35.2 Å². The first-order valence-corrected chi connectivity index (χ1v) is 9.31. The highest BCUT2D eigenvalue weighted by molar-refractivity contribution is 7.12. The van der Waals surface area contributed by atoms with Crippen molar-refractivity contribution in [3.8, 4) is 0 Å². The van der Waals surface area contributed by atoms with Crippen LogP contribution in [0.15, 0.2) is 78.2 Å². The van der Waals surface area contributed by atoms with Crippen molar-refractivity contribution in [3.05, 3.63) is 88.6 Å². The molecule has 3 aromatic rings. The van der Waals surface area contributed by atoms with E-state index in [2.05, 4.69) is 10.6 Å². The minimum Gasteiger partial charge on any atom is -0.322 e. The summed E-state index contributed by atoms with van der Waals surface area (Å²) in [4.78, 5) is 24.8. The Hall–Kier alpha value is -3.39. The largest absolute Gasteiger partial charge is 0.417 e. The summed E-state index contributed by atoms with van der Waals surface area (Å²) in [5, 5.41) is 6.84. The number of alkyl halides is 3. The van der Waals surface area contributed by atoms with E-state index in [-0.39, 0.29) is 17.2 Å². The molecule has 0 atom stereocenters. The van der Waals surface area contributed by atoms with Gasteiger partial charge in [-0.3, -0.25) is 9.59 Å². The molecule has 0 radical (unpaired) electrons. The molecule has 0 spiro atoms. The Balaban J connectivity index is 1.76. The van der Waals surface area contributed by atoms with Crippen LogP contribution in [0.25, 0.3) is 5.57 Å². The quantitative estimate of drug-likeness (QED) is 0.533. The Morgan fingerprint density at radius 1 is 0.862 bits per heavy atom. The number of allylic oxidation sites excluding steroid dienone is 1. The van der Waals surface area contributed by atoms with Crippen LogP contribution in [0.1, 0.15) is 15.2 Å². The molecule has 1 aromatic heterocycles. The maximum atomic E-state index is 13.4. The first-order chi connectivity index (χ1) is 13.8. The number of carbonyl (C=O) groups excluding carboxylic acids is 2. The third-order valence-electron chi connectivity index (χ3n) is 3.80. The number of amides is 2. The number of benzene rings is 2. The summed E-state index contributed by atoms with van der Waals surface area (Å²) >= 11 is 1.28. The molecule has 0 unspecified atom stereocenters. The van der Waals surface area contributed by atoms with Crippen LogP contribution in [0.2, 0.25) is 0 Å². The molecule has 2 amide bonds. The first-order valence-electron chi connectivity index (χ1n) is 8.43. The lowest BCUT2D eigenvalue weighted by molar-refractivity contribution is -0.112. The number of carbonyl (C=O) groups is 2. The topological polar surface area (TPSA) is 58.2 Å². The smallest absolute Gasteiger partial charge is 0.322 e. The minimum absolute atomic E-state index is 0.105. The summed E-state index contributed by atoms with van der Waals surface area (Å²) in [5.74, 6) is -1.24. The molecule has 2 N–H and O–H groups in total. The average Bonchev–Trinajstić information content (AvgIpc) is 3.21. The maximum absolute atomic E-state index is 13.4. The fraction of sp³-hybridized carbons (Fsp3) is 0.0476. The van der Waals surface area contributed by atoms with Gasteiger partial charge in [-0.2, -0.15) is 13.2 Å². The van der Waals surface area contributed by atoms with Crippen LogP contribution in [-0.2, 0) is 4.79 Å². The van der Waals surface area contributed by atoms with Gasteiger partial charge >= 0.3 is 6.18 Å². The fourth-order valence-electron chi connectivity index (χ4n) is 2.53. The molecule has 0 saturated heterocycles. The van der Waals surface area contributed by atoms with Crippen LogP contribution in [0.5, 0.6) is 0 Å². The maximum Gasteiger partial charge on any atom is 0.417 e. The van der Waals surface area contributed by atoms with Crippen LogP contribution in [0.3, 0.4) is 0 Å². The highest BCUT2D eigenvalue weighted by atomic mass is 32.1. The molecule has 1 heterocycles. The summed E-state index contributed by atoms with van der Waals surface area (Å²) < 4.78 is 40.1. The zero-order valence-electron chi connectivity index (χ0n) is 14.9. The Kier molecular flexibility index (Phi) is 6.13. The number of halogens is 3. The van der Waals surface area contributed by atoms with Gasteiger partial charge in [0.1, 0.15) is 0 Å². The van der Waals surface area contributed by atoms with Gasteiger partial charge in [0.05, 0.1) is 10.5 Å². The van der Waals surface area contributed by atoms with Gasteiger partial charge in [-0.25, -0.2) is 0 Å². The van der Waals surface area contributed by atoms with E-state index >= 15 is 0 Å². The van der Waals surface area contributed by atoms with Crippen molar-refractivity contribution < 1.29 is 22.8 Å². The predicted molar refractivity (Wildman–Crippen MR) is 108 cm³/mol. The van der Waals surface area contributed by atoms with Gasteiger partial charge in [0, 0.05) is 17.5 Å². The molecule has 0 fully saturated rings. The molecule has 3 rings (SSSR count). The summed E-state index contributed by atoms with van der Waals surface area (Å²) in [6, 6.07) is 16.7. The van der Waals surface area contributed by atoms with Crippen molar-refractivity contribution in [2.24, 2.45) is 0 Å². The molecule has 2 aromatic carbocycles. The molecule has 4 nitrogen and oxygen atoms in total. The van der Waals surface area contributed by atoms with Crippen LogP contribution in [0.4, 0.5) is 24.5 Å². The molecule has 0 aliphatic heterocycles. The zero-order chi connectivity index (χ0) is 20.9. The van der Waals surface area contributed by atoms with Crippen molar-refractivity contribution in [2.75, 3.05) is 10.6 Å². The van der Waals surface area contributed by atoms with Crippen molar-refractivity contribution in [1.29, 1.82) is 0 Å². The predicted octanol–water partition coefficient (Wildman–Crippen LogP) is 5.58. The van der Waals surface area contributed by atoms with Crippen molar-refractivity contribution >= 4 is 40.1 Å². The molecular formula is C21H15F3N2O2S. The SMILES string of the molecule is O=C(/C=C(/c1ccccc1)C(F)(F)F)Nc1cccc(NC(=O)c2cccs2)c1. The minimum atomic E-state index is -4.69. The summed E-state index contributed by atoms with van der Waals surface area (Å²) in [7, 11) is 0. The molecule has 8 heteroatoms. The molecule has 29 heavy (non-hydrogen) atoms. The van der Waals surface area contributed by atoms with E-state index < -0.39 is 17.7 Å². The number of hydrogen-bond donors (Lipinski definition) is 2. The van der Waals surface area contributed by atoms with E-state index in [1.807, 2.05) is 0 Å². The van der Waals surface area contributed by atoms with E-state index in [1.54, 1.807) is 35.7 Å². The second-order valence-corrected chi connectivity index (χ2v) is 6.87. The summed E-state index contributed by atoms with van der Waals surface area (Å²) in [6.45, 7) is 0.